The highest BCUT2D eigenvalue weighted by molar-refractivity contribution is 6.31. The van der Waals surface area contributed by atoms with Crippen LogP contribution in [0.1, 0.15) is 12.0 Å². The van der Waals surface area contributed by atoms with Gasteiger partial charge in [0.1, 0.15) is 5.41 Å². The van der Waals surface area contributed by atoms with Crippen LogP contribution in [-0.4, -0.2) is 15.7 Å². The highest BCUT2D eigenvalue weighted by Crippen LogP contribution is 2.52. The van der Waals surface area contributed by atoms with Gasteiger partial charge in [-0.2, -0.15) is 5.10 Å². The fraction of sp³-hybridized carbons (Fsp3) is 0.176. The minimum absolute atomic E-state index is 0.0117. The van der Waals surface area contributed by atoms with Gasteiger partial charge in [0.05, 0.1) is 6.20 Å². The molecule has 2 heterocycles. The van der Waals surface area contributed by atoms with Crippen molar-refractivity contribution < 1.29 is 4.79 Å². The maximum absolute atomic E-state index is 12.7. The van der Waals surface area contributed by atoms with E-state index in [-0.39, 0.29) is 5.91 Å². The van der Waals surface area contributed by atoms with Crippen molar-refractivity contribution in [3.63, 3.8) is 0 Å². The van der Waals surface area contributed by atoms with Crippen LogP contribution in [0.4, 0.5) is 0 Å². The zero-order chi connectivity index (χ0) is 15.3. The molecule has 1 aromatic heterocycles. The molecule has 1 amide bonds. The van der Waals surface area contributed by atoms with Gasteiger partial charge in [0.15, 0.2) is 0 Å². The zero-order valence-corrected chi connectivity index (χ0v) is 12.8. The molecule has 0 bridgehead atoms. The first-order valence-electron chi connectivity index (χ1n) is 7.08. The summed E-state index contributed by atoms with van der Waals surface area (Å²) in [5.74, 6) is -0.0117. The monoisotopic (exact) mass is 311 g/mol. The molecule has 22 heavy (non-hydrogen) atoms. The second-order valence-electron chi connectivity index (χ2n) is 5.67. The Hall–Kier alpha value is -2.33. The van der Waals surface area contributed by atoms with Crippen LogP contribution in [0.5, 0.6) is 0 Å². The third kappa shape index (κ3) is 1.70. The molecule has 1 N–H and O–H groups in total. The lowest BCUT2D eigenvalue weighted by Crippen LogP contribution is -2.46. The number of allylic oxidation sites excluding steroid dienone is 7. The molecule has 0 fully saturated rings. The van der Waals surface area contributed by atoms with Gasteiger partial charge in [0.2, 0.25) is 5.91 Å². The van der Waals surface area contributed by atoms with Crippen molar-refractivity contribution in [2.24, 2.45) is 12.5 Å². The average molecular weight is 312 g/mol. The highest BCUT2D eigenvalue weighted by atomic mass is 35.5. The van der Waals surface area contributed by atoms with E-state index in [1.54, 1.807) is 10.9 Å². The van der Waals surface area contributed by atoms with E-state index < -0.39 is 5.41 Å². The van der Waals surface area contributed by atoms with Gasteiger partial charge >= 0.3 is 0 Å². The SMILES string of the molecule is Cn1cc(C2=CNC(=O)C34CC=C(Cl)C=C3C=CC=C24)cn1. The van der Waals surface area contributed by atoms with Gasteiger partial charge in [-0.3, -0.25) is 9.48 Å². The third-order valence-electron chi connectivity index (χ3n) is 4.43. The smallest absolute Gasteiger partial charge is 0.239 e. The topological polar surface area (TPSA) is 46.9 Å². The van der Waals surface area contributed by atoms with E-state index in [1.807, 2.05) is 49.8 Å². The predicted molar refractivity (Wildman–Crippen MR) is 85.6 cm³/mol. The normalized spacial score (nSPS) is 26.2. The van der Waals surface area contributed by atoms with Crippen LogP contribution >= 0.6 is 11.6 Å². The lowest BCUT2D eigenvalue weighted by Gasteiger charge is -2.41. The van der Waals surface area contributed by atoms with Crippen molar-refractivity contribution in [1.29, 1.82) is 0 Å². The molecule has 4 rings (SSSR count). The molecule has 0 saturated heterocycles. The average Bonchev–Trinajstić information content (AvgIpc) is 2.93. The van der Waals surface area contributed by atoms with Crippen LogP contribution in [0.15, 0.2) is 65.2 Å². The number of rotatable bonds is 1. The molecular weight excluding hydrogens is 298 g/mol. The summed E-state index contributed by atoms with van der Waals surface area (Å²) in [5.41, 5.74) is 3.23. The number of halogens is 1. The number of carbonyl (C=O) groups is 1. The first-order chi connectivity index (χ1) is 10.6. The number of nitrogens with zero attached hydrogens (tertiary/aromatic N) is 2. The van der Waals surface area contributed by atoms with Crippen molar-refractivity contribution in [2.75, 3.05) is 0 Å². The Morgan fingerprint density at radius 3 is 3.09 bits per heavy atom. The number of amides is 1. The number of hydrogen-bond donors (Lipinski definition) is 1. The number of carbonyl (C=O) groups excluding carboxylic acids is 1. The molecule has 0 aromatic carbocycles. The zero-order valence-electron chi connectivity index (χ0n) is 12.0. The van der Waals surface area contributed by atoms with Crippen molar-refractivity contribution in [3.8, 4) is 0 Å². The largest absolute Gasteiger partial charge is 0.331 e. The Kier molecular flexibility index (Phi) is 2.78. The molecule has 1 unspecified atom stereocenters. The summed E-state index contributed by atoms with van der Waals surface area (Å²) in [6.07, 6.45) is 15.8. The van der Waals surface area contributed by atoms with Crippen LogP contribution in [0, 0.1) is 5.41 Å². The van der Waals surface area contributed by atoms with Gasteiger partial charge in [-0.25, -0.2) is 0 Å². The molecule has 2 aliphatic carbocycles. The molecule has 0 saturated carbocycles. The predicted octanol–water partition coefficient (Wildman–Crippen LogP) is 2.83. The van der Waals surface area contributed by atoms with E-state index in [4.69, 9.17) is 11.6 Å². The van der Waals surface area contributed by atoms with Crippen LogP contribution in [0.25, 0.3) is 5.57 Å². The van der Waals surface area contributed by atoms with Crippen LogP contribution in [0.3, 0.4) is 0 Å². The van der Waals surface area contributed by atoms with Gasteiger partial charge in [0.25, 0.3) is 0 Å². The summed E-state index contributed by atoms with van der Waals surface area (Å²) in [7, 11) is 1.88. The van der Waals surface area contributed by atoms with Gasteiger partial charge in [0, 0.05) is 35.6 Å². The fourth-order valence-electron chi connectivity index (χ4n) is 3.35. The number of nitrogens with one attached hydrogen (secondary N) is 1. The molecule has 1 atom stereocenters. The molecule has 1 aliphatic heterocycles. The summed E-state index contributed by atoms with van der Waals surface area (Å²) in [6, 6.07) is 0. The molecule has 5 heteroatoms. The maximum atomic E-state index is 12.7. The Morgan fingerprint density at radius 2 is 2.32 bits per heavy atom. The third-order valence-corrected chi connectivity index (χ3v) is 4.69. The van der Waals surface area contributed by atoms with Gasteiger partial charge in [-0.05, 0) is 23.6 Å². The van der Waals surface area contributed by atoms with Gasteiger partial charge in [-0.1, -0.05) is 35.9 Å². The van der Waals surface area contributed by atoms with Crippen molar-refractivity contribution in [3.05, 3.63) is 70.7 Å². The van der Waals surface area contributed by atoms with Crippen LogP contribution < -0.4 is 5.32 Å². The Bertz CT molecular complexity index is 838. The first kappa shape index (κ1) is 13.3. The summed E-state index contributed by atoms with van der Waals surface area (Å²) >= 11 is 6.14. The van der Waals surface area contributed by atoms with Crippen LogP contribution in [-0.2, 0) is 11.8 Å². The summed E-state index contributed by atoms with van der Waals surface area (Å²) in [5, 5.41) is 7.83. The molecule has 1 spiro atoms. The molecule has 1 aromatic rings. The van der Waals surface area contributed by atoms with Gasteiger partial charge < -0.3 is 5.32 Å². The minimum atomic E-state index is -0.687. The number of aromatic nitrogens is 2. The van der Waals surface area contributed by atoms with E-state index in [0.29, 0.717) is 11.5 Å². The minimum Gasteiger partial charge on any atom is -0.331 e. The Labute approximate surface area is 133 Å². The molecule has 4 nitrogen and oxygen atoms in total. The van der Waals surface area contributed by atoms with E-state index in [2.05, 4.69) is 10.4 Å². The Balaban J connectivity index is 1.91. The van der Waals surface area contributed by atoms with E-state index >= 15 is 0 Å². The highest BCUT2D eigenvalue weighted by Gasteiger charge is 2.49. The lowest BCUT2D eigenvalue weighted by atomic mass is 9.63. The van der Waals surface area contributed by atoms with E-state index in [9.17, 15) is 4.79 Å². The van der Waals surface area contributed by atoms with Crippen molar-refractivity contribution >= 4 is 23.1 Å². The van der Waals surface area contributed by atoms with Crippen molar-refractivity contribution in [2.45, 2.75) is 6.42 Å². The summed E-state index contributed by atoms with van der Waals surface area (Å²) in [4.78, 5) is 12.7. The summed E-state index contributed by atoms with van der Waals surface area (Å²) in [6.45, 7) is 0. The van der Waals surface area contributed by atoms with E-state index in [1.165, 1.54) is 0 Å². The van der Waals surface area contributed by atoms with E-state index in [0.717, 1.165) is 22.3 Å². The first-order valence-corrected chi connectivity index (χ1v) is 7.46. The van der Waals surface area contributed by atoms with Gasteiger partial charge in [-0.15, -0.1) is 0 Å². The van der Waals surface area contributed by atoms with Crippen LogP contribution in [0.2, 0.25) is 0 Å². The standard InChI is InChI=1S/C17H14ClN3O/c1-21-10-11(8-20-21)14-9-19-16(22)17-6-5-13(18)7-12(17)3-2-4-15(14)17/h2-5,7-10H,6H2,1H3,(H,19,22). The van der Waals surface area contributed by atoms with Crippen molar-refractivity contribution in [1.82, 2.24) is 15.1 Å². The second-order valence-corrected chi connectivity index (χ2v) is 6.11. The molecule has 0 radical (unpaired) electrons. The molecular formula is C17H14ClN3O. The number of aryl methyl sites for hydroxylation is 1. The number of hydrogen-bond acceptors (Lipinski definition) is 2. The lowest BCUT2D eigenvalue weighted by molar-refractivity contribution is -0.126. The fourth-order valence-corrected chi connectivity index (χ4v) is 3.54. The summed E-state index contributed by atoms with van der Waals surface area (Å²) < 4.78 is 1.76. The molecule has 3 aliphatic rings. The quantitative estimate of drug-likeness (QED) is 0.867. The Morgan fingerprint density at radius 1 is 1.45 bits per heavy atom. The second kappa shape index (κ2) is 4.58. The maximum Gasteiger partial charge on any atom is 0.239 e. The molecule has 110 valence electrons.